The van der Waals surface area contributed by atoms with Gasteiger partial charge in [0, 0.05) is 18.9 Å². The second-order valence-electron chi connectivity index (χ2n) is 10.3. The second kappa shape index (κ2) is 15.7. The normalized spacial score (nSPS) is 16.4. The minimum absolute atomic E-state index is 0.00776. The fourth-order valence-corrected chi connectivity index (χ4v) is 4.30. The molecule has 2 aromatic rings. The summed E-state index contributed by atoms with van der Waals surface area (Å²) in [5.41, 5.74) is 2.05. The molecule has 0 saturated heterocycles. The highest BCUT2D eigenvalue weighted by Gasteiger charge is 2.35. The molecule has 2 aromatic carbocycles. The molecular weight excluding hydrogens is 522 g/mol. The lowest BCUT2D eigenvalue weighted by Gasteiger charge is -2.36. The number of amides is 4. The van der Waals surface area contributed by atoms with Crippen LogP contribution in [0.3, 0.4) is 0 Å². The third kappa shape index (κ3) is 9.26. The van der Waals surface area contributed by atoms with E-state index >= 15 is 0 Å². The summed E-state index contributed by atoms with van der Waals surface area (Å²) in [6, 6.07) is 17.2. The Kier molecular flexibility index (Phi) is 12.1. The molecule has 10 nitrogen and oxygen atoms in total. The predicted octanol–water partition coefficient (Wildman–Crippen LogP) is 1.82. The van der Waals surface area contributed by atoms with Crippen molar-refractivity contribution in [1.82, 2.24) is 25.8 Å². The Hall–Kier alpha value is -4.02. The average molecular weight is 564 g/mol. The van der Waals surface area contributed by atoms with Gasteiger partial charge in [0.25, 0.3) is 5.91 Å². The molecule has 220 valence electrons. The van der Waals surface area contributed by atoms with Crippen molar-refractivity contribution in [3.05, 3.63) is 84.2 Å². The largest absolute Gasteiger partial charge is 0.374 e. The number of hydrogen-bond acceptors (Lipinski definition) is 6. The fraction of sp³-hybridized carbons (Fsp3) is 0.419. The van der Waals surface area contributed by atoms with Gasteiger partial charge in [0.05, 0.1) is 25.8 Å². The minimum Gasteiger partial charge on any atom is -0.374 e. The van der Waals surface area contributed by atoms with E-state index in [1.807, 2.05) is 74.5 Å². The summed E-state index contributed by atoms with van der Waals surface area (Å²) < 4.78 is 5.88. The summed E-state index contributed by atoms with van der Waals surface area (Å²) in [5, 5.41) is 8.20. The smallest absolute Gasteiger partial charge is 0.252 e. The third-order valence-corrected chi connectivity index (χ3v) is 6.96. The van der Waals surface area contributed by atoms with Gasteiger partial charge in [-0.05, 0) is 37.4 Å². The molecule has 10 heteroatoms. The van der Waals surface area contributed by atoms with Gasteiger partial charge in [-0.2, -0.15) is 0 Å². The molecule has 3 N–H and O–H groups in total. The number of likely N-dealkylation sites (N-methyl/N-ethyl adjacent to an activating group) is 1. The lowest BCUT2D eigenvalue weighted by atomic mass is 10.0. The van der Waals surface area contributed by atoms with Gasteiger partial charge in [-0.25, -0.2) is 0 Å². The maximum Gasteiger partial charge on any atom is 0.252 e. The highest BCUT2D eigenvalue weighted by atomic mass is 16.5. The van der Waals surface area contributed by atoms with Crippen molar-refractivity contribution >= 4 is 23.6 Å². The number of nitrogens with one attached hydrogen (secondary N) is 3. The van der Waals surface area contributed by atoms with E-state index in [1.54, 1.807) is 31.3 Å². The van der Waals surface area contributed by atoms with E-state index in [-0.39, 0.29) is 37.5 Å². The fourth-order valence-electron chi connectivity index (χ4n) is 4.30. The average Bonchev–Trinajstić information content (AvgIpc) is 2.98. The molecule has 3 rings (SSSR count). The first-order valence-corrected chi connectivity index (χ1v) is 13.9. The van der Waals surface area contributed by atoms with Crippen LogP contribution in [-0.2, 0) is 36.9 Å². The number of nitrogens with zero attached hydrogens (tertiary/aromatic N) is 2. The molecule has 0 spiro atoms. The predicted molar refractivity (Wildman–Crippen MR) is 156 cm³/mol. The molecule has 0 unspecified atom stereocenters. The van der Waals surface area contributed by atoms with Gasteiger partial charge in [0.2, 0.25) is 17.7 Å². The van der Waals surface area contributed by atoms with Crippen molar-refractivity contribution in [2.75, 3.05) is 26.7 Å². The molecular formula is C31H41N5O5. The monoisotopic (exact) mass is 563 g/mol. The molecule has 0 fully saturated rings. The standard InChI is InChI=1S/C31H41N5O5/c1-22(2)28(34-29(38)23(3)32-4)30(39)33-19-27(37)36-18-17-35(16-15-24-11-7-5-8-12-24)31(40)26(36)21-41-20-25-13-9-6-10-14-25/h5-14,17-18,22-23,26,28,32H,15-16,19-21H2,1-4H3,(H,33,39)(H,34,38)/t23-,26-,28-/m0/s1. The summed E-state index contributed by atoms with van der Waals surface area (Å²) in [7, 11) is 1.66. The highest BCUT2D eigenvalue weighted by molar-refractivity contribution is 5.94. The molecule has 1 aliphatic rings. The van der Waals surface area contributed by atoms with E-state index in [1.165, 1.54) is 4.90 Å². The Morgan fingerprint density at radius 1 is 0.902 bits per heavy atom. The molecule has 4 amide bonds. The van der Waals surface area contributed by atoms with E-state index in [2.05, 4.69) is 16.0 Å². The topological polar surface area (TPSA) is 120 Å². The number of ether oxygens (including phenoxy) is 1. The minimum atomic E-state index is -0.888. The maximum atomic E-state index is 13.5. The molecule has 41 heavy (non-hydrogen) atoms. The van der Waals surface area contributed by atoms with Crippen LogP contribution in [0.15, 0.2) is 73.1 Å². The van der Waals surface area contributed by atoms with E-state index in [9.17, 15) is 19.2 Å². The first-order chi connectivity index (χ1) is 19.7. The highest BCUT2D eigenvalue weighted by Crippen LogP contribution is 2.16. The SMILES string of the molecule is CN[C@@H](C)C(=O)N[C@H](C(=O)NCC(=O)N1C=CN(CCc2ccccc2)C(=O)[C@@H]1COCc1ccccc1)C(C)C. The summed E-state index contributed by atoms with van der Waals surface area (Å²) in [6.45, 7) is 5.71. The third-order valence-electron chi connectivity index (χ3n) is 6.96. The van der Waals surface area contributed by atoms with E-state index < -0.39 is 29.9 Å². The van der Waals surface area contributed by atoms with Gasteiger partial charge in [0.1, 0.15) is 12.1 Å². The van der Waals surface area contributed by atoms with Crippen molar-refractivity contribution in [2.45, 2.75) is 51.9 Å². The molecule has 0 radical (unpaired) electrons. The first kappa shape index (κ1) is 31.5. The number of benzene rings is 2. The van der Waals surface area contributed by atoms with Crippen molar-refractivity contribution in [3.63, 3.8) is 0 Å². The maximum absolute atomic E-state index is 13.5. The zero-order valence-corrected chi connectivity index (χ0v) is 24.2. The Bertz CT molecular complexity index is 1190. The number of carbonyl (C=O) groups excluding carboxylic acids is 4. The van der Waals surface area contributed by atoms with Crippen LogP contribution in [0.1, 0.15) is 31.9 Å². The van der Waals surface area contributed by atoms with Crippen LogP contribution < -0.4 is 16.0 Å². The van der Waals surface area contributed by atoms with Gasteiger partial charge in [-0.3, -0.25) is 19.2 Å². The van der Waals surface area contributed by atoms with Crippen LogP contribution in [0.4, 0.5) is 0 Å². The molecule has 3 atom stereocenters. The van der Waals surface area contributed by atoms with Gasteiger partial charge >= 0.3 is 0 Å². The van der Waals surface area contributed by atoms with Crippen molar-refractivity contribution in [1.29, 1.82) is 0 Å². The number of rotatable bonds is 14. The van der Waals surface area contributed by atoms with Gasteiger partial charge in [0.15, 0.2) is 0 Å². The van der Waals surface area contributed by atoms with Crippen LogP contribution in [0, 0.1) is 5.92 Å². The zero-order valence-electron chi connectivity index (χ0n) is 24.2. The zero-order chi connectivity index (χ0) is 29.8. The second-order valence-corrected chi connectivity index (χ2v) is 10.3. The number of carbonyl (C=O) groups is 4. The van der Waals surface area contributed by atoms with Gasteiger partial charge in [-0.15, -0.1) is 0 Å². The Labute approximate surface area is 242 Å². The number of hydrogen-bond donors (Lipinski definition) is 3. The molecule has 1 aliphatic heterocycles. The van der Waals surface area contributed by atoms with Crippen molar-refractivity contribution in [2.24, 2.45) is 5.92 Å². The quantitative estimate of drug-likeness (QED) is 0.323. The van der Waals surface area contributed by atoms with E-state index in [0.717, 1.165) is 11.1 Å². The summed E-state index contributed by atoms with van der Waals surface area (Å²) >= 11 is 0. The Morgan fingerprint density at radius 2 is 1.54 bits per heavy atom. The summed E-state index contributed by atoms with van der Waals surface area (Å²) in [6.07, 6.45) is 3.82. The van der Waals surface area contributed by atoms with E-state index in [4.69, 9.17) is 4.74 Å². The Balaban J connectivity index is 1.67. The van der Waals surface area contributed by atoms with Crippen molar-refractivity contribution in [3.8, 4) is 0 Å². The molecule has 0 aromatic heterocycles. The van der Waals surface area contributed by atoms with Crippen LogP contribution in [0.5, 0.6) is 0 Å². The van der Waals surface area contributed by atoms with Crippen LogP contribution in [0.2, 0.25) is 0 Å². The van der Waals surface area contributed by atoms with Gasteiger partial charge < -0.3 is 30.5 Å². The molecule has 1 heterocycles. The lowest BCUT2D eigenvalue weighted by molar-refractivity contribution is -0.146. The molecule has 0 aliphatic carbocycles. The lowest BCUT2D eigenvalue weighted by Crippen LogP contribution is -2.57. The summed E-state index contributed by atoms with van der Waals surface area (Å²) in [5.74, 6) is -1.71. The molecule has 0 bridgehead atoms. The first-order valence-electron chi connectivity index (χ1n) is 13.9. The van der Waals surface area contributed by atoms with Crippen molar-refractivity contribution < 1.29 is 23.9 Å². The van der Waals surface area contributed by atoms with Crippen LogP contribution in [0.25, 0.3) is 0 Å². The van der Waals surface area contributed by atoms with E-state index in [0.29, 0.717) is 13.0 Å². The van der Waals surface area contributed by atoms with Crippen LogP contribution >= 0.6 is 0 Å². The summed E-state index contributed by atoms with van der Waals surface area (Å²) in [4.78, 5) is 55.0. The van der Waals surface area contributed by atoms with Crippen LogP contribution in [-0.4, -0.2) is 78.3 Å². The van der Waals surface area contributed by atoms with Gasteiger partial charge in [-0.1, -0.05) is 74.5 Å². The Morgan fingerprint density at radius 3 is 2.15 bits per heavy atom. The molecule has 0 saturated carbocycles.